The minimum absolute atomic E-state index is 0.130. The average molecular weight is 352 g/mol. The molecule has 1 aliphatic heterocycles. The predicted octanol–water partition coefficient (Wildman–Crippen LogP) is 2.14. The van der Waals surface area contributed by atoms with E-state index in [2.05, 4.69) is 39.4 Å². The van der Waals surface area contributed by atoms with Crippen molar-refractivity contribution in [3.63, 3.8) is 0 Å². The molecule has 1 heterocycles. The molecule has 5 heteroatoms. The van der Waals surface area contributed by atoms with Crippen LogP contribution in [-0.4, -0.2) is 50.1 Å². The van der Waals surface area contributed by atoms with Gasteiger partial charge in [-0.2, -0.15) is 0 Å². The zero-order valence-electron chi connectivity index (χ0n) is 15.2. The number of carbonyl (C=O) groups is 1. The molecule has 3 rings (SSSR count). The summed E-state index contributed by atoms with van der Waals surface area (Å²) in [6, 6.07) is 18.3. The fourth-order valence-corrected chi connectivity index (χ4v) is 3.25. The van der Waals surface area contributed by atoms with Crippen LogP contribution in [-0.2, 0) is 11.2 Å². The number of hydrogen-bond acceptors (Lipinski definition) is 4. The molecule has 0 bridgehead atoms. The van der Waals surface area contributed by atoms with Gasteiger partial charge in [0.2, 0.25) is 5.91 Å². The number of nitrogen functional groups attached to an aromatic ring is 1. The second kappa shape index (κ2) is 9.25. The van der Waals surface area contributed by atoms with E-state index in [4.69, 9.17) is 5.73 Å². The third kappa shape index (κ3) is 5.49. The van der Waals surface area contributed by atoms with Crippen molar-refractivity contribution in [2.24, 2.45) is 0 Å². The number of benzene rings is 2. The van der Waals surface area contributed by atoms with Gasteiger partial charge in [-0.3, -0.25) is 9.69 Å². The second-order valence-corrected chi connectivity index (χ2v) is 6.76. The quantitative estimate of drug-likeness (QED) is 0.750. The standard InChI is InChI=1S/C21H28N4O/c22-19-8-6-18(7-9-19)10-12-23-21(26)11-13-24-14-16-25(17-15-24)20-4-2-1-3-5-20/h1-9H,10-17,22H2,(H,23,26). The molecule has 0 aliphatic carbocycles. The Hall–Kier alpha value is -2.53. The van der Waals surface area contributed by atoms with Gasteiger partial charge in [-0.25, -0.2) is 0 Å². The first-order valence-corrected chi connectivity index (χ1v) is 9.34. The number of hydrogen-bond donors (Lipinski definition) is 2. The van der Waals surface area contributed by atoms with Crippen molar-refractivity contribution in [3.8, 4) is 0 Å². The van der Waals surface area contributed by atoms with Gasteiger partial charge in [-0.15, -0.1) is 0 Å². The first kappa shape index (κ1) is 18.3. The number of rotatable bonds is 7. The summed E-state index contributed by atoms with van der Waals surface area (Å²) >= 11 is 0. The van der Waals surface area contributed by atoms with Gasteiger partial charge in [0.25, 0.3) is 0 Å². The van der Waals surface area contributed by atoms with E-state index in [0.717, 1.165) is 44.8 Å². The molecule has 0 saturated carbocycles. The summed E-state index contributed by atoms with van der Waals surface area (Å²) in [6.45, 7) is 5.55. The SMILES string of the molecule is Nc1ccc(CCNC(=O)CCN2CCN(c3ccccc3)CC2)cc1. The van der Waals surface area contributed by atoms with E-state index in [-0.39, 0.29) is 5.91 Å². The molecule has 26 heavy (non-hydrogen) atoms. The maximum absolute atomic E-state index is 12.0. The van der Waals surface area contributed by atoms with Crippen molar-refractivity contribution in [1.82, 2.24) is 10.2 Å². The Morgan fingerprint density at radius 1 is 0.962 bits per heavy atom. The molecule has 2 aromatic rings. The Kier molecular flexibility index (Phi) is 6.50. The molecule has 1 saturated heterocycles. The van der Waals surface area contributed by atoms with E-state index >= 15 is 0 Å². The minimum Gasteiger partial charge on any atom is -0.399 e. The molecule has 1 aliphatic rings. The molecule has 138 valence electrons. The van der Waals surface area contributed by atoms with Crippen LogP contribution in [0, 0.1) is 0 Å². The van der Waals surface area contributed by atoms with Crippen molar-refractivity contribution < 1.29 is 4.79 Å². The lowest BCUT2D eigenvalue weighted by Gasteiger charge is -2.36. The summed E-state index contributed by atoms with van der Waals surface area (Å²) in [5.74, 6) is 0.130. The number of nitrogens with two attached hydrogens (primary N) is 1. The van der Waals surface area contributed by atoms with Gasteiger partial charge in [0.15, 0.2) is 0 Å². The number of nitrogens with one attached hydrogen (secondary N) is 1. The van der Waals surface area contributed by atoms with Crippen LogP contribution in [0.25, 0.3) is 0 Å². The Morgan fingerprint density at radius 2 is 1.65 bits per heavy atom. The van der Waals surface area contributed by atoms with Gasteiger partial charge in [0.05, 0.1) is 0 Å². The molecule has 0 unspecified atom stereocenters. The fourth-order valence-electron chi connectivity index (χ4n) is 3.25. The maximum Gasteiger partial charge on any atom is 0.221 e. The molecule has 3 N–H and O–H groups in total. The molecule has 0 radical (unpaired) electrons. The van der Waals surface area contributed by atoms with Crippen LogP contribution in [0.5, 0.6) is 0 Å². The highest BCUT2D eigenvalue weighted by atomic mass is 16.1. The number of para-hydroxylation sites is 1. The van der Waals surface area contributed by atoms with Crippen LogP contribution in [0.3, 0.4) is 0 Å². The van der Waals surface area contributed by atoms with Crippen LogP contribution in [0.1, 0.15) is 12.0 Å². The van der Waals surface area contributed by atoms with E-state index < -0.39 is 0 Å². The van der Waals surface area contributed by atoms with E-state index in [1.165, 1.54) is 11.3 Å². The predicted molar refractivity (Wildman–Crippen MR) is 107 cm³/mol. The van der Waals surface area contributed by atoms with E-state index in [9.17, 15) is 4.79 Å². The summed E-state index contributed by atoms with van der Waals surface area (Å²) in [4.78, 5) is 16.8. The Balaban J connectivity index is 1.31. The fraction of sp³-hybridized carbons (Fsp3) is 0.381. The summed E-state index contributed by atoms with van der Waals surface area (Å²) in [7, 11) is 0. The topological polar surface area (TPSA) is 61.6 Å². The molecular weight excluding hydrogens is 324 g/mol. The number of anilines is 2. The molecule has 0 spiro atoms. The van der Waals surface area contributed by atoms with Gasteiger partial charge in [0, 0.05) is 57.1 Å². The molecule has 2 aromatic carbocycles. The first-order valence-electron chi connectivity index (χ1n) is 9.34. The summed E-state index contributed by atoms with van der Waals surface area (Å²) in [6.07, 6.45) is 1.40. The Morgan fingerprint density at radius 3 is 2.35 bits per heavy atom. The van der Waals surface area contributed by atoms with Crippen LogP contribution >= 0.6 is 0 Å². The molecular formula is C21H28N4O. The average Bonchev–Trinajstić information content (AvgIpc) is 2.69. The number of nitrogens with zero attached hydrogens (tertiary/aromatic N) is 2. The minimum atomic E-state index is 0.130. The van der Waals surface area contributed by atoms with Crippen LogP contribution in [0.4, 0.5) is 11.4 Å². The molecule has 0 aromatic heterocycles. The molecule has 5 nitrogen and oxygen atoms in total. The van der Waals surface area contributed by atoms with Gasteiger partial charge in [-0.05, 0) is 36.2 Å². The molecule has 1 amide bonds. The van der Waals surface area contributed by atoms with Gasteiger partial charge in [0.1, 0.15) is 0 Å². The normalized spacial score (nSPS) is 15.0. The zero-order valence-corrected chi connectivity index (χ0v) is 15.2. The lowest BCUT2D eigenvalue weighted by atomic mass is 10.1. The third-order valence-corrected chi connectivity index (χ3v) is 4.86. The number of piperazine rings is 1. The Labute approximate surface area is 155 Å². The second-order valence-electron chi connectivity index (χ2n) is 6.76. The van der Waals surface area contributed by atoms with Crippen LogP contribution in [0.15, 0.2) is 54.6 Å². The van der Waals surface area contributed by atoms with E-state index in [0.29, 0.717) is 13.0 Å². The highest BCUT2D eigenvalue weighted by Crippen LogP contribution is 2.15. The van der Waals surface area contributed by atoms with Crippen molar-refractivity contribution in [2.45, 2.75) is 12.8 Å². The highest BCUT2D eigenvalue weighted by Gasteiger charge is 2.17. The highest BCUT2D eigenvalue weighted by molar-refractivity contribution is 5.76. The lowest BCUT2D eigenvalue weighted by Crippen LogP contribution is -2.47. The van der Waals surface area contributed by atoms with Crippen LogP contribution < -0.4 is 16.0 Å². The maximum atomic E-state index is 12.0. The van der Waals surface area contributed by atoms with Crippen molar-refractivity contribution in [2.75, 3.05) is 49.9 Å². The molecule has 1 fully saturated rings. The monoisotopic (exact) mass is 352 g/mol. The van der Waals surface area contributed by atoms with Gasteiger partial charge in [-0.1, -0.05) is 30.3 Å². The zero-order chi connectivity index (χ0) is 18.2. The molecule has 0 atom stereocenters. The van der Waals surface area contributed by atoms with Crippen molar-refractivity contribution >= 4 is 17.3 Å². The van der Waals surface area contributed by atoms with Crippen LogP contribution in [0.2, 0.25) is 0 Å². The van der Waals surface area contributed by atoms with E-state index in [1.54, 1.807) is 0 Å². The van der Waals surface area contributed by atoms with E-state index in [1.807, 2.05) is 30.3 Å². The summed E-state index contributed by atoms with van der Waals surface area (Å²) in [5.41, 5.74) is 8.92. The third-order valence-electron chi connectivity index (χ3n) is 4.86. The van der Waals surface area contributed by atoms with Crippen molar-refractivity contribution in [3.05, 3.63) is 60.2 Å². The smallest absolute Gasteiger partial charge is 0.221 e. The van der Waals surface area contributed by atoms with Gasteiger partial charge < -0.3 is 16.0 Å². The number of carbonyl (C=O) groups excluding carboxylic acids is 1. The first-order chi connectivity index (χ1) is 12.7. The lowest BCUT2D eigenvalue weighted by molar-refractivity contribution is -0.121. The van der Waals surface area contributed by atoms with Gasteiger partial charge >= 0.3 is 0 Å². The Bertz CT molecular complexity index is 679. The number of amides is 1. The van der Waals surface area contributed by atoms with Crippen molar-refractivity contribution in [1.29, 1.82) is 0 Å². The summed E-state index contributed by atoms with van der Waals surface area (Å²) < 4.78 is 0. The summed E-state index contributed by atoms with van der Waals surface area (Å²) in [5, 5.41) is 3.01. The largest absolute Gasteiger partial charge is 0.399 e.